The van der Waals surface area contributed by atoms with Crippen LogP contribution in [0.15, 0.2) is 28.2 Å². The molecule has 3 rings (SSSR count). The molecular formula is C15H22N4OS. The van der Waals surface area contributed by atoms with Gasteiger partial charge in [0.05, 0.1) is 10.6 Å². The number of nitrogens with one attached hydrogen (secondary N) is 1. The number of hydrogen-bond acceptors (Lipinski definition) is 6. The molecular weight excluding hydrogens is 284 g/mol. The molecule has 1 N–H and O–H groups in total. The van der Waals surface area contributed by atoms with Crippen molar-refractivity contribution in [2.75, 3.05) is 46.3 Å². The molecule has 21 heavy (non-hydrogen) atoms. The van der Waals surface area contributed by atoms with Crippen molar-refractivity contribution in [3.05, 3.63) is 29.5 Å². The molecule has 0 saturated carbocycles. The summed E-state index contributed by atoms with van der Waals surface area (Å²) in [5.74, 6) is 0.732. The lowest BCUT2D eigenvalue weighted by molar-refractivity contribution is 0.201. The topological polar surface area (TPSA) is 44.5 Å². The maximum Gasteiger partial charge on any atom is 0.236 e. The van der Waals surface area contributed by atoms with Gasteiger partial charge in [0.15, 0.2) is 0 Å². The van der Waals surface area contributed by atoms with Gasteiger partial charge in [0.2, 0.25) is 5.89 Å². The van der Waals surface area contributed by atoms with Crippen molar-refractivity contribution in [3.8, 4) is 10.8 Å². The maximum atomic E-state index is 5.56. The average Bonchev–Trinajstić information content (AvgIpc) is 3.17. The highest BCUT2D eigenvalue weighted by atomic mass is 32.1. The van der Waals surface area contributed by atoms with Crippen molar-refractivity contribution in [2.45, 2.75) is 6.54 Å². The van der Waals surface area contributed by atoms with Gasteiger partial charge in [-0.2, -0.15) is 0 Å². The molecule has 3 heterocycles. The van der Waals surface area contributed by atoms with Gasteiger partial charge in [-0.1, -0.05) is 6.07 Å². The lowest BCUT2D eigenvalue weighted by Gasteiger charge is -2.28. The fraction of sp³-hybridized carbons (Fsp3) is 0.533. The minimum absolute atomic E-state index is 0.732. The standard InChI is InChI=1S/C15H22N4OS/c1-18(8-9-19-6-4-16-5-7-19)11-13-12-20-15(17-13)14-3-2-10-21-14/h2-3,10,12,16H,4-9,11H2,1H3. The Morgan fingerprint density at radius 3 is 3.05 bits per heavy atom. The highest BCUT2D eigenvalue weighted by Crippen LogP contribution is 2.23. The normalized spacial score (nSPS) is 16.7. The first-order chi connectivity index (χ1) is 10.3. The van der Waals surface area contributed by atoms with E-state index in [1.165, 1.54) is 0 Å². The smallest absolute Gasteiger partial charge is 0.236 e. The molecule has 2 aromatic heterocycles. The molecule has 0 aromatic carbocycles. The Bertz CT molecular complexity index is 534. The van der Waals surface area contributed by atoms with E-state index < -0.39 is 0 Å². The van der Waals surface area contributed by atoms with Gasteiger partial charge in [0, 0.05) is 45.8 Å². The molecule has 0 radical (unpaired) electrons. The monoisotopic (exact) mass is 306 g/mol. The Kier molecular flexibility index (Phi) is 5.03. The number of aromatic nitrogens is 1. The van der Waals surface area contributed by atoms with Crippen molar-refractivity contribution in [1.82, 2.24) is 20.1 Å². The van der Waals surface area contributed by atoms with Crippen LogP contribution in [-0.4, -0.2) is 61.1 Å². The number of piperazine rings is 1. The van der Waals surface area contributed by atoms with Gasteiger partial charge in [0.25, 0.3) is 0 Å². The van der Waals surface area contributed by atoms with Crippen LogP contribution in [0.4, 0.5) is 0 Å². The Labute approximate surface area is 129 Å². The zero-order valence-corrected chi connectivity index (χ0v) is 13.2. The summed E-state index contributed by atoms with van der Waals surface area (Å²) in [6, 6.07) is 4.05. The summed E-state index contributed by atoms with van der Waals surface area (Å²) in [5.41, 5.74) is 1.00. The van der Waals surface area contributed by atoms with Crippen LogP contribution in [0.2, 0.25) is 0 Å². The van der Waals surface area contributed by atoms with Gasteiger partial charge in [0.1, 0.15) is 6.26 Å². The fourth-order valence-corrected chi connectivity index (χ4v) is 3.15. The zero-order chi connectivity index (χ0) is 14.5. The van der Waals surface area contributed by atoms with Crippen molar-refractivity contribution in [3.63, 3.8) is 0 Å². The minimum atomic E-state index is 0.732. The first-order valence-electron chi connectivity index (χ1n) is 7.41. The molecule has 0 spiro atoms. The van der Waals surface area contributed by atoms with Gasteiger partial charge < -0.3 is 9.73 Å². The van der Waals surface area contributed by atoms with E-state index in [-0.39, 0.29) is 0 Å². The number of oxazole rings is 1. The summed E-state index contributed by atoms with van der Waals surface area (Å²) in [6.07, 6.45) is 1.77. The summed E-state index contributed by atoms with van der Waals surface area (Å²) in [6.45, 7) is 7.53. The molecule has 0 bridgehead atoms. The third-order valence-electron chi connectivity index (χ3n) is 3.72. The van der Waals surface area contributed by atoms with Crippen molar-refractivity contribution < 1.29 is 4.42 Å². The number of hydrogen-bond donors (Lipinski definition) is 1. The molecule has 1 saturated heterocycles. The SMILES string of the molecule is CN(CCN1CCNCC1)Cc1coc(-c2cccs2)n1. The first-order valence-corrected chi connectivity index (χ1v) is 8.29. The molecule has 2 aromatic rings. The van der Waals surface area contributed by atoms with Crippen LogP contribution < -0.4 is 5.32 Å². The first kappa shape index (κ1) is 14.7. The second-order valence-corrected chi connectivity index (χ2v) is 6.40. The third-order valence-corrected chi connectivity index (χ3v) is 4.58. The van der Waals surface area contributed by atoms with E-state index in [0.29, 0.717) is 0 Å². The van der Waals surface area contributed by atoms with Gasteiger partial charge in [-0.15, -0.1) is 11.3 Å². The summed E-state index contributed by atoms with van der Waals surface area (Å²) < 4.78 is 5.56. The quantitative estimate of drug-likeness (QED) is 0.881. The predicted molar refractivity (Wildman–Crippen MR) is 85.5 cm³/mol. The number of nitrogens with zero attached hydrogens (tertiary/aromatic N) is 3. The van der Waals surface area contributed by atoms with Gasteiger partial charge in [-0.25, -0.2) is 4.98 Å². The van der Waals surface area contributed by atoms with Crippen LogP contribution in [0.1, 0.15) is 5.69 Å². The molecule has 1 aliphatic heterocycles. The Morgan fingerprint density at radius 2 is 2.29 bits per heavy atom. The van der Waals surface area contributed by atoms with E-state index in [1.54, 1.807) is 17.6 Å². The molecule has 5 nitrogen and oxygen atoms in total. The predicted octanol–water partition coefficient (Wildman–Crippen LogP) is 1.74. The molecule has 114 valence electrons. The highest BCUT2D eigenvalue weighted by molar-refractivity contribution is 7.13. The molecule has 0 unspecified atom stereocenters. The summed E-state index contributed by atoms with van der Waals surface area (Å²) in [7, 11) is 2.14. The van der Waals surface area contributed by atoms with E-state index in [0.717, 1.165) is 62.3 Å². The number of thiophene rings is 1. The van der Waals surface area contributed by atoms with Crippen molar-refractivity contribution in [1.29, 1.82) is 0 Å². The Morgan fingerprint density at radius 1 is 1.43 bits per heavy atom. The number of likely N-dealkylation sites (N-methyl/N-ethyl adjacent to an activating group) is 1. The molecule has 0 amide bonds. The van der Waals surface area contributed by atoms with Crippen LogP contribution in [-0.2, 0) is 6.54 Å². The molecule has 1 aliphatic rings. The summed E-state index contributed by atoms with van der Waals surface area (Å²) >= 11 is 1.65. The highest BCUT2D eigenvalue weighted by Gasteiger charge is 2.12. The van der Waals surface area contributed by atoms with Gasteiger partial charge in [-0.05, 0) is 18.5 Å². The molecule has 0 atom stereocenters. The lowest BCUT2D eigenvalue weighted by Crippen LogP contribution is -2.45. The van der Waals surface area contributed by atoms with Crippen LogP contribution in [0.5, 0.6) is 0 Å². The second-order valence-electron chi connectivity index (χ2n) is 5.45. The van der Waals surface area contributed by atoms with Crippen LogP contribution in [0.25, 0.3) is 10.8 Å². The Balaban J connectivity index is 1.47. The fourth-order valence-electron chi connectivity index (χ4n) is 2.50. The van der Waals surface area contributed by atoms with Crippen LogP contribution >= 0.6 is 11.3 Å². The van der Waals surface area contributed by atoms with Crippen molar-refractivity contribution in [2.24, 2.45) is 0 Å². The average molecular weight is 306 g/mol. The molecule has 1 fully saturated rings. The van der Waals surface area contributed by atoms with Crippen LogP contribution in [0, 0.1) is 0 Å². The maximum absolute atomic E-state index is 5.56. The van der Waals surface area contributed by atoms with Crippen LogP contribution in [0.3, 0.4) is 0 Å². The largest absolute Gasteiger partial charge is 0.444 e. The second kappa shape index (κ2) is 7.17. The molecule has 6 heteroatoms. The molecule has 0 aliphatic carbocycles. The third kappa shape index (κ3) is 4.14. The van der Waals surface area contributed by atoms with E-state index >= 15 is 0 Å². The van der Waals surface area contributed by atoms with E-state index in [9.17, 15) is 0 Å². The zero-order valence-electron chi connectivity index (χ0n) is 12.4. The van der Waals surface area contributed by atoms with Gasteiger partial charge in [-0.3, -0.25) is 9.80 Å². The number of rotatable bonds is 6. The van der Waals surface area contributed by atoms with E-state index in [1.807, 2.05) is 17.5 Å². The van der Waals surface area contributed by atoms with Gasteiger partial charge >= 0.3 is 0 Å². The van der Waals surface area contributed by atoms with E-state index in [4.69, 9.17) is 4.42 Å². The Hall–Kier alpha value is -1.21. The lowest BCUT2D eigenvalue weighted by atomic mass is 10.3. The summed E-state index contributed by atoms with van der Waals surface area (Å²) in [5, 5.41) is 5.42. The van der Waals surface area contributed by atoms with Crippen molar-refractivity contribution >= 4 is 11.3 Å². The minimum Gasteiger partial charge on any atom is -0.444 e. The summed E-state index contributed by atoms with van der Waals surface area (Å²) in [4.78, 5) is 10.5. The van der Waals surface area contributed by atoms with E-state index in [2.05, 4.69) is 27.1 Å².